The van der Waals surface area contributed by atoms with Gasteiger partial charge in [-0.25, -0.2) is 0 Å². The van der Waals surface area contributed by atoms with Crippen LogP contribution in [0.5, 0.6) is 11.5 Å². The Morgan fingerprint density at radius 1 is 1.14 bits per heavy atom. The van der Waals surface area contributed by atoms with Crippen LogP contribution < -0.4 is 19.7 Å². The van der Waals surface area contributed by atoms with E-state index < -0.39 is 0 Å². The van der Waals surface area contributed by atoms with Crippen LogP contribution in [0.1, 0.15) is 24.5 Å². The first-order chi connectivity index (χ1) is 13.6. The van der Waals surface area contributed by atoms with Gasteiger partial charge in [-0.2, -0.15) is 0 Å². The number of para-hydroxylation sites is 1. The van der Waals surface area contributed by atoms with Gasteiger partial charge in [-0.1, -0.05) is 25.1 Å². The molecular formula is C22H26N2O4. The number of anilines is 1. The summed E-state index contributed by atoms with van der Waals surface area (Å²) in [7, 11) is 3.18. The van der Waals surface area contributed by atoms with Gasteiger partial charge in [-0.15, -0.1) is 0 Å². The van der Waals surface area contributed by atoms with Crippen molar-refractivity contribution >= 4 is 17.5 Å². The van der Waals surface area contributed by atoms with Crippen LogP contribution in [0, 0.1) is 5.92 Å². The molecule has 0 radical (unpaired) electrons. The minimum Gasteiger partial charge on any atom is -0.497 e. The van der Waals surface area contributed by atoms with Gasteiger partial charge in [0.25, 0.3) is 0 Å². The van der Waals surface area contributed by atoms with E-state index in [4.69, 9.17) is 9.47 Å². The normalized spacial score (nSPS) is 16.2. The van der Waals surface area contributed by atoms with Gasteiger partial charge >= 0.3 is 0 Å². The molecule has 148 valence electrons. The Labute approximate surface area is 165 Å². The maximum Gasteiger partial charge on any atom is 0.227 e. The monoisotopic (exact) mass is 382 g/mol. The van der Waals surface area contributed by atoms with E-state index in [2.05, 4.69) is 12.2 Å². The van der Waals surface area contributed by atoms with E-state index in [-0.39, 0.29) is 24.2 Å². The summed E-state index contributed by atoms with van der Waals surface area (Å²) < 4.78 is 10.6. The molecule has 1 aliphatic rings. The Balaban J connectivity index is 1.67. The van der Waals surface area contributed by atoms with Crippen molar-refractivity contribution < 1.29 is 19.1 Å². The van der Waals surface area contributed by atoms with Crippen LogP contribution in [0.4, 0.5) is 5.69 Å². The summed E-state index contributed by atoms with van der Waals surface area (Å²) in [5.74, 6) is 0.870. The molecule has 1 heterocycles. The third-order valence-electron chi connectivity index (χ3n) is 5.10. The molecule has 0 saturated carbocycles. The molecule has 1 N–H and O–H groups in total. The highest BCUT2D eigenvalue weighted by Crippen LogP contribution is 2.29. The molecule has 1 unspecified atom stereocenters. The topological polar surface area (TPSA) is 67.9 Å². The van der Waals surface area contributed by atoms with Crippen molar-refractivity contribution in [2.75, 3.05) is 25.7 Å². The molecule has 2 aromatic rings. The van der Waals surface area contributed by atoms with Crippen molar-refractivity contribution in [3.05, 3.63) is 53.6 Å². The van der Waals surface area contributed by atoms with Crippen molar-refractivity contribution in [3.63, 3.8) is 0 Å². The third kappa shape index (κ3) is 4.11. The van der Waals surface area contributed by atoms with Crippen LogP contribution in [0.15, 0.2) is 42.5 Å². The summed E-state index contributed by atoms with van der Waals surface area (Å²) in [4.78, 5) is 26.9. The number of nitrogens with one attached hydrogen (secondary N) is 1. The quantitative estimate of drug-likeness (QED) is 0.800. The molecule has 6 nitrogen and oxygen atoms in total. The van der Waals surface area contributed by atoms with Crippen molar-refractivity contribution in [3.8, 4) is 11.5 Å². The number of nitrogens with zero attached hydrogens (tertiary/aromatic N) is 1. The minimum atomic E-state index is -0.367. The zero-order chi connectivity index (χ0) is 20.1. The second kappa shape index (κ2) is 8.78. The highest BCUT2D eigenvalue weighted by atomic mass is 16.5. The van der Waals surface area contributed by atoms with Crippen molar-refractivity contribution in [1.82, 2.24) is 5.32 Å². The maximum atomic E-state index is 12.7. The molecule has 2 amide bonds. The number of hydrogen-bond acceptors (Lipinski definition) is 4. The molecule has 0 aromatic heterocycles. The summed E-state index contributed by atoms with van der Waals surface area (Å²) in [6, 6.07) is 13.3. The standard InChI is InChI=1S/C22H26N2O4/c1-4-15-7-5-6-8-19(15)24-14-17(12-21(24)25)22(26)23-13-16-11-18(27-2)9-10-20(16)28-3/h5-11,17H,4,12-14H2,1-3H3,(H,23,26). The van der Waals surface area contributed by atoms with E-state index >= 15 is 0 Å². The van der Waals surface area contributed by atoms with E-state index in [1.165, 1.54) is 0 Å². The summed E-state index contributed by atoms with van der Waals surface area (Å²) in [6.07, 6.45) is 1.06. The van der Waals surface area contributed by atoms with Gasteiger partial charge in [0.2, 0.25) is 11.8 Å². The fourth-order valence-corrected chi connectivity index (χ4v) is 3.54. The second-order valence-electron chi connectivity index (χ2n) is 6.78. The van der Waals surface area contributed by atoms with Crippen LogP contribution >= 0.6 is 0 Å². The predicted molar refractivity (Wildman–Crippen MR) is 108 cm³/mol. The van der Waals surface area contributed by atoms with E-state index in [0.717, 1.165) is 23.2 Å². The predicted octanol–water partition coefficient (Wildman–Crippen LogP) is 2.94. The van der Waals surface area contributed by atoms with E-state index in [9.17, 15) is 9.59 Å². The number of carbonyl (C=O) groups excluding carboxylic acids is 2. The van der Waals surface area contributed by atoms with Crippen molar-refractivity contribution in [1.29, 1.82) is 0 Å². The van der Waals surface area contributed by atoms with Gasteiger partial charge in [0, 0.05) is 30.8 Å². The molecule has 0 bridgehead atoms. The number of amides is 2. The highest BCUT2D eigenvalue weighted by Gasteiger charge is 2.35. The fourth-order valence-electron chi connectivity index (χ4n) is 3.54. The van der Waals surface area contributed by atoms with Crippen LogP contribution in [0.3, 0.4) is 0 Å². The Bertz CT molecular complexity index is 865. The molecular weight excluding hydrogens is 356 g/mol. The molecule has 2 aromatic carbocycles. The van der Waals surface area contributed by atoms with E-state index in [1.807, 2.05) is 42.5 Å². The Morgan fingerprint density at radius 2 is 1.93 bits per heavy atom. The molecule has 3 rings (SSSR count). The summed E-state index contributed by atoms with van der Waals surface area (Å²) in [5.41, 5.74) is 2.84. The lowest BCUT2D eigenvalue weighted by atomic mass is 10.1. The minimum absolute atomic E-state index is 0.0139. The summed E-state index contributed by atoms with van der Waals surface area (Å²) in [6.45, 7) is 2.78. The van der Waals surface area contributed by atoms with Crippen LogP contribution in [-0.4, -0.2) is 32.6 Å². The number of rotatable bonds is 7. The summed E-state index contributed by atoms with van der Waals surface area (Å²) in [5, 5.41) is 2.93. The Hall–Kier alpha value is -3.02. The largest absolute Gasteiger partial charge is 0.497 e. The first kappa shape index (κ1) is 19.7. The van der Waals surface area contributed by atoms with E-state index in [0.29, 0.717) is 24.6 Å². The number of carbonyl (C=O) groups is 2. The Morgan fingerprint density at radius 3 is 2.64 bits per heavy atom. The number of hydrogen-bond donors (Lipinski definition) is 1. The zero-order valence-corrected chi connectivity index (χ0v) is 16.5. The van der Waals surface area contributed by atoms with Crippen LogP contribution in [0.25, 0.3) is 0 Å². The van der Waals surface area contributed by atoms with Gasteiger partial charge in [0.1, 0.15) is 11.5 Å². The summed E-state index contributed by atoms with van der Waals surface area (Å²) >= 11 is 0. The molecule has 1 aliphatic heterocycles. The van der Waals surface area contributed by atoms with E-state index in [1.54, 1.807) is 19.1 Å². The molecule has 1 saturated heterocycles. The van der Waals surface area contributed by atoms with Gasteiger partial charge in [0.15, 0.2) is 0 Å². The molecule has 1 fully saturated rings. The number of methoxy groups -OCH3 is 2. The average Bonchev–Trinajstić information content (AvgIpc) is 3.13. The molecule has 28 heavy (non-hydrogen) atoms. The fraction of sp³-hybridized carbons (Fsp3) is 0.364. The highest BCUT2D eigenvalue weighted by molar-refractivity contribution is 6.00. The zero-order valence-electron chi connectivity index (χ0n) is 16.5. The number of benzene rings is 2. The number of aryl methyl sites for hydroxylation is 1. The first-order valence-electron chi connectivity index (χ1n) is 9.44. The average molecular weight is 382 g/mol. The smallest absolute Gasteiger partial charge is 0.227 e. The molecule has 0 aliphatic carbocycles. The number of ether oxygens (including phenoxy) is 2. The lowest BCUT2D eigenvalue weighted by molar-refractivity contribution is -0.126. The molecule has 1 atom stereocenters. The van der Waals surface area contributed by atoms with Gasteiger partial charge in [-0.05, 0) is 36.2 Å². The molecule has 0 spiro atoms. The van der Waals surface area contributed by atoms with Crippen molar-refractivity contribution in [2.24, 2.45) is 5.92 Å². The Kier molecular flexibility index (Phi) is 6.19. The lowest BCUT2D eigenvalue weighted by Crippen LogP contribution is -2.33. The third-order valence-corrected chi connectivity index (χ3v) is 5.10. The van der Waals surface area contributed by atoms with Crippen LogP contribution in [0.2, 0.25) is 0 Å². The first-order valence-corrected chi connectivity index (χ1v) is 9.44. The van der Waals surface area contributed by atoms with Gasteiger partial charge < -0.3 is 19.7 Å². The van der Waals surface area contributed by atoms with Crippen LogP contribution in [-0.2, 0) is 22.6 Å². The lowest BCUT2D eigenvalue weighted by Gasteiger charge is -2.20. The SMILES string of the molecule is CCc1ccccc1N1CC(C(=O)NCc2cc(OC)ccc2OC)CC1=O. The van der Waals surface area contributed by atoms with Crippen molar-refractivity contribution in [2.45, 2.75) is 26.3 Å². The van der Waals surface area contributed by atoms with Gasteiger partial charge in [-0.3, -0.25) is 9.59 Å². The maximum absolute atomic E-state index is 12.7. The van der Waals surface area contributed by atoms with Gasteiger partial charge in [0.05, 0.1) is 20.1 Å². The second-order valence-corrected chi connectivity index (χ2v) is 6.78. The molecule has 6 heteroatoms.